The fraction of sp³-hybridized carbons (Fsp3) is 0.188. The molecule has 132 valence electrons. The molecule has 0 spiro atoms. The Hall–Kier alpha value is -3.56. The molecule has 0 aliphatic heterocycles. The number of nitrogen functional groups attached to an aromatic ring is 1. The van der Waals surface area contributed by atoms with Gasteiger partial charge < -0.3 is 20.6 Å². The Labute approximate surface area is 147 Å². The van der Waals surface area contributed by atoms with Gasteiger partial charge in [0, 0.05) is 25.4 Å². The summed E-state index contributed by atoms with van der Waals surface area (Å²) < 4.78 is 14.9. The van der Waals surface area contributed by atoms with Gasteiger partial charge in [-0.1, -0.05) is 6.92 Å². The van der Waals surface area contributed by atoms with Gasteiger partial charge in [0.15, 0.2) is 5.82 Å². The second kappa shape index (κ2) is 6.06. The maximum Gasteiger partial charge on any atom is 0.224 e. The minimum absolute atomic E-state index is 0.134. The molecular formula is C16H16FN9. The largest absolute Gasteiger partial charge is 0.368 e. The van der Waals surface area contributed by atoms with Crippen molar-refractivity contribution in [2.45, 2.75) is 12.8 Å². The van der Waals surface area contributed by atoms with Crippen LogP contribution in [0.5, 0.6) is 0 Å². The Morgan fingerprint density at radius 1 is 1.23 bits per heavy atom. The number of nitrogens with one attached hydrogen (secondary N) is 2. The molecule has 4 heterocycles. The molecule has 0 amide bonds. The van der Waals surface area contributed by atoms with E-state index in [1.54, 1.807) is 12.5 Å². The average molecular weight is 353 g/mol. The molecule has 4 N–H and O–H groups in total. The Kier molecular flexibility index (Phi) is 3.72. The zero-order chi connectivity index (χ0) is 18.3. The molecule has 0 radical (unpaired) electrons. The first-order chi connectivity index (χ1) is 12.5. The molecule has 26 heavy (non-hydrogen) atoms. The lowest BCUT2D eigenvalue weighted by Gasteiger charge is -2.11. The summed E-state index contributed by atoms with van der Waals surface area (Å²) in [4.78, 5) is 24.0. The molecule has 0 bridgehead atoms. The van der Waals surface area contributed by atoms with E-state index >= 15 is 0 Å². The first-order valence-electron chi connectivity index (χ1n) is 7.88. The highest BCUT2D eigenvalue weighted by atomic mass is 19.1. The second-order valence-corrected chi connectivity index (χ2v) is 5.93. The zero-order valence-corrected chi connectivity index (χ0v) is 14.1. The van der Waals surface area contributed by atoms with Gasteiger partial charge in [0.1, 0.15) is 23.1 Å². The van der Waals surface area contributed by atoms with Gasteiger partial charge in [-0.3, -0.25) is 0 Å². The summed E-state index contributed by atoms with van der Waals surface area (Å²) in [5, 5.41) is 3.92. The van der Waals surface area contributed by atoms with E-state index < -0.39 is 5.82 Å². The lowest BCUT2D eigenvalue weighted by Crippen LogP contribution is -2.05. The van der Waals surface area contributed by atoms with Gasteiger partial charge in [-0.15, -0.1) is 0 Å². The minimum atomic E-state index is -0.478. The van der Waals surface area contributed by atoms with Crippen LogP contribution in [0.4, 0.5) is 22.0 Å². The van der Waals surface area contributed by atoms with Gasteiger partial charge in [-0.05, 0) is 5.56 Å². The number of nitrogens with zero attached hydrogens (tertiary/aromatic N) is 6. The first kappa shape index (κ1) is 15.9. The number of hydrogen-bond acceptors (Lipinski definition) is 7. The minimum Gasteiger partial charge on any atom is -0.368 e. The number of aromatic nitrogens is 7. The van der Waals surface area contributed by atoms with Gasteiger partial charge in [0.2, 0.25) is 5.95 Å². The van der Waals surface area contributed by atoms with E-state index in [2.05, 4.69) is 35.2 Å². The number of H-pyrrole nitrogens is 1. The number of fused-ring (bicyclic) bond motifs is 1. The molecule has 0 aliphatic carbocycles. The Morgan fingerprint density at radius 3 is 2.69 bits per heavy atom. The molecule has 4 aromatic heterocycles. The van der Waals surface area contributed by atoms with Crippen LogP contribution in [0.1, 0.15) is 24.2 Å². The van der Waals surface area contributed by atoms with Crippen LogP contribution >= 0.6 is 0 Å². The summed E-state index contributed by atoms with van der Waals surface area (Å²) in [5.41, 5.74) is 7.27. The number of aryl methyl sites for hydroxylation is 1. The topological polar surface area (TPSA) is 123 Å². The fourth-order valence-corrected chi connectivity index (χ4v) is 2.79. The van der Waals surface area contributed by atoms with Crippen molar-refractivity contribution in [1.82, 2.24) is 34.5 Å². The molecule has 10 heteroatoms. The van der Waals surface area contributed by atoms with Gasteiger partial charge in [0.05, 0.1) is 24.1 Å². The molecule has 1 unspecified atom stereocenters. The van der Waals surface area contributed by atoms with Gasteiger partial charge in [-0.2, -0.15) is 9.97 Å². The third-order valence-electron chi connectivity index (χ3n) is 4.02. The lowest BCUT2D eigenvalue weighted by atomic mass is 10.0. The number of nitrogens with two attached hydrogens (primary N) is 1. The summed E-state index contributed by atoms with van der Waals surface area (Å²) in [6.07, 6.45) is 7.60. The smallest absolute Gasteiger partial charge is 0.224 e. The average Bonchev–Trinajstić information content (AvgIpc) is 3.21. The number of aromatic amines is 1. The molecule has 9 nitrogen and oxygen atoms in total. The van der Waals surface area contributed by atoms with Crippen molar-refractivity contribution in [3.05, 3.63) is 48.3 Å². The third kappa shape index (κ3) is 2.81. The Bertz CT molecular complexity index is 1070. The van der Waals surface area contributed by atoms with E-state index in [1.165, 1.54) is 0 Å². The monoisotopic (exact) mass is 353 g/mol. The molecule has 0 fully saturated rings. The predicted molar refractivity (Wildman–Crippen MR) is 94.3 cm³/mol. The van der Waals surface area contributed by atoms with Crippen molar-refractivity contribution in [2.75, 3.05) is 11.1 Å². The van der Waals surface area contributed by atoms with E-state index in [0.29, 0.717) is 23.1 Å². The van der Waals surface area contributed by atoms with E-state index in [-0.39, 0.29) is 11.9 Å². The van der Waals surface area contributed by atoms with Crippen molar-refractivity contribution in [3.8, 4) is 0 Å². The van der Waals surface area contributed by atoms with Crippen LogP contribution in [0, 0.1) is 5.82 Å². The van der Waals surface area contributed by atoms with Crippen LogP contribution in [0.15, 0.2) is 31.1 Å². The van der Waals surface area contributed by atoms with E-state index in [0.717, 1.165) is 23.3 Å². The van der Waals surface area contributed by atoms with Crippen molar-refractivity contribution in [2.24, 2.45) is 7.05 Å². The summed E-state index contributed by atoms with van der Waals surface area (Å²) in [6.45, 7) is 1.93. The molecule has 0 saturated carbocycles. The van der Waals surface area contributed by atoms with Gasteiger partial charge in [-0.25, -0.2) is 19.3 Å². The molecule has 0 saturated heterocycles. The van der Waals surface area contributed by atoms with Crippen LogP contribution in [-0.4, -0.2) is 34.5 Å². The van der Waals surface area contributed by atoms with Crippen LogP contribution in [0.2, 0.25) is 0 Å². The molecular weight excluding hydrogens is 337 g/mol. The first-order valence-corrected chi connectivity index (χ1v) is 7.88. The molecule has 1 atom stereocenters. The highest BCUT2D eigenvalue weighted by Crippen LogP contribution is 2.33. The highest BCUT2D eigenvalue weighted by Gasteiger charge is 2.21. The van der Waals surface area contributed by atoms with Gasteiger partial charge in [0.25, 0.3) is 0 Å². The number of imidazole rings is 1. The normalized spacial score (nSPS) is 12.4. The quantitative estimate of drug-likeness (QED) is 0.513. The SMILES string of the molecule is CC(c1ncc(F)cn1)c1c[nH]c2nc(N)nc(Nc3cn(C)cn3)c12. The summed E-state index contributed by atoms with van der Waals surface area (Å²) in [5.74, 6) is 1.10. The Balaban J connectivity index is 1.81. The maximum atomic E-state index is 13.1. The molecule has 4 aromatic rings. The van der Waals surface area contributed by atoms with E-state index in [4.69, 9.17) is 5.73 Å². The molecule has 0 aliphatic rings. The summed E-state index contributed by atoms with van der Waals surface area (Å²) >= 11 is 0. The standard InChI is InChI=1S/C16H16FN9/c1-8(13-19-3-9(17)4-20-13)10-5-21-14-12(10)15(25-16(18)24-14)23-11-6-26(2)7-22-11/h3-8H,1-2H3,(H4,18,21,23,24,25). The predicted octanol–water partition coefficient (Wildman–Crippen LogP) is 2.10. The summed E-state index contributed by atoms with van der Waals surface area (Å²) in [7, 11) is 1.87. The second-order valence-electron chi connectivity index (χ2n) is 5.93. The van der Waals surface area contributed by atoms with Crippen molar-refractivity contribution >= 4 is 28.6 Å². The van der Waals surface area contributed by atoms with E-state index in [1.807, 2.05) is 24.7 Å². The van der Waals surface area contributed by atoms with Crippen molar-refractivity contribution in [1.29, 1.82) is 0 Å². The summed E-state index contributed by atoms with van der Waals surface area (Å²) in [6, 6.07) is 0. The number of rotatable bonds is 4. The van der Waals surface area contributed by atoms with E-state index in [9.17, 15) is 4.39 Å². The lowest BCUT2D eigenvalue weighted by molar-refractivity contribution is 0.606. The van der Waals surface area contributed by atoms with Crippen molar-refractivity contribution < 1.29 is 4.39 Å². The third-order valence-corrected chi connectivity index (χ3v) is 4.02. The van der Waals surface area contributed by atoms with Crippen LogP contribution in [0.25, 0.3) is 11.0 Å². The maximum absolute atomic E-state index is 13.1. The number of anilines is 3. The van der Waals surface area contributed by atoms with Gasteiger partial charge >= 0.3 is 0 Å². The number of hydrogen-bond donors (Lipinski definition) is 3. The zero-order valence-electron chi connectivity index (χ0n) is 14.1. The number of halogens is 1. The fourth-order valence-electron chi connectivity index (χ4n) is 2.79. The van der Waals surface area contributed by atoms with Crippen molar-refractivity contribution in [3.63, 3.8) is 0 Å². The van der Waals surface area contributed by atoms with Crippen LogP contribution in [-0.2, 0) is 7.05 Å². The highest BCUT2D eigenvalue weighted by molar-refractivity contribution is 5.93. The molecule has 0 aromatic carbocycles. The Morgan fingerprint density at radius 2 is 2.00 bits per heavy atom. The van der Waals surface area contributed by atoms with Crippen LogP contribution in [0.3, 0.4) is 0 Å². The molecule has 4 rings (SSSR count). The van der Waals surface area contributed by atoms with Crippen LogP contribution < -0.4 is 11.1 Å².